The average Bonchev–Trinajstić information content (AvgIpc) is 2.45. The monoisotopic (exact) mass is 299 g/mol. The normalized spacial score (nSPS) is 11.4. The van der Waals surface area contributed by atoms with Gasteiger partial charge >= 0.3 is 6.18 Å². The third-order valence-corrected chi connectivity index (χ3v) is 3.04. The maximum Gasteiger partial charge on any atom is 0.433 e. The summed E-state index contributed by atoms with van der Waals surface area (Å²) in [6, 6.07) is 10.3. The Labute approximate surface area is 118 Å². The summed E-state index contributed by atoms with van der Waals surface area (Å²) >= 11 is 1.07. The number of benzene rings is 1. The van der Waals surface area contributed by atoms with Gasteiger partial charge in [-0.05, 0) is 11.8 Å². The molecule has 7 heteroatoms. The van der Waals surface area contributed by atoms with Crippen LogP contribution < -0.4 is 5.32 Å². The summed E-state index contributed by atoms with van der Waals surface area (Å²) in [5, 5.41) is 2.98. The van der Waals surface area contributed by atoms with Crippen LogP contribution in [-0.4, -0.2) is 16.2 Å². The molecule has 0 amide bonds. The van der Waals surface area contributed by atoms with Gasteiger partial charge in [-0.1, -0.05) is 42.1 Å². The fourth-order valence-corrected chi connectivity index (χ4v) is 1.92. The quantitative estimate of drug-likeness (QED) is 0.688. The van der Waals surface area contributed by atoms with E-state index in [4.69, 9.17) is 0 Å². The van der Waals surface area contributed by atoms with Crippen molar-refractivity contribution in [1.29, 1.82) is 0 Å². The fourth-order valence-electron chi connectivity index (χ4n) is 1.54. The zero-order valence-electron chi connectivity index (χ0n) is 10.6. The summed E-state index contributed by atoms with van der Waals surface area (Å²) in [6.45, 7) is 0.406. The first-order valence-electron chi connectivity index (χ1n) is 5.77. The maximum absolute atomic E-state index is 12.7. The van der Waals surface area contributed by atoms with Crippen molar-refractivity contribution in [3.63, 3.8) is 0 Å². The highest BCUT2D eigenvalue weighted by molar-refractivity contribution is 7.98. The predicted molar refractivity (Wildman–Crippen MR) is 72.6 cm³/mol. The van der Waals surface area contributed by atoms with Gasteiger partial charge in [0.15, 0.2) is 10.9 Å². The smallest absolute Gasteiger partial charge is 0.366 e. The number of thioether (sulfide) groups is 1. The van der Waals surface area contributed by atoms with Gasteiger partial charge in [0.1, 0.15) is 5.82 Å². The molecule has 0 saturated heterocycles. The molecule has 0 atom stereocenters. The molecule has 2 aromatic rings. The van der Waals surface area contributed by atoms with E-state index in [0.717, 1.165) is 23.4 Å². The minimum absolute atomic E-state index is 0.0930. The van der Waals surface area contributed by atoms with Crippen molar-refractivity contribution in [1.82, 2.24) is 9.97 Å². The molecule has 20 heavy (non-hydrogen) atoms. The van der Waals surface area contributed by atoms with Crippen molar-refractivity contribution >= 4 is 17.6 Å². The number of rotatable bonds is 4. The minimum atomic E-state index is -4.48. The second-order valence-electron chi connectivity index (χ2n) is 3.96. The molecule has 1 heterocycles. The van der Waals surface area contributed by atoms with Crippen molar-refractivity contribution in [2.75, 3.05) is 11.6 Å². The Kier molecular flexibility index (Phi) is 4.49. The van der Waals surface area contributed by atoms with Gasteiger partial charge in [-0.25, -0.2) is 9.97 Å². The Bertz CT molecular complexity index is 573. The molecule has 0 unspecified atom stereocenters. The van der Waals surface area contributed by atoms with Crippen LogP contribution in [0.1, 0.15) is 11.3 Å². The van der Waals surface area contributed by atoms with Gasteiger partial charge in [0.05, 0.1) is 0 Å². The van der Waals surface area contributed by atoms with E-state index < -0.39 is 11.9 Å². The molecule has 3 nitrogen and oxygen atoms in total. The Morgan fingerprint density at radius 1 is 1.15 bits per heavy atom. The lowest BCUT2D eigenvalue weighted by Crippen LogP contribution is -2.11. The summed E-state index contributed by atoms with van der Waals surface area (Å²) in [5.41, 5.74) is 0.0257. The van der Waals surface area contributed by atoms with E-state index in [1.807, 2.05) is 30.3 Å². The van der Waals surface area contributed by atoms with E-state index in [1.165, 1.54) is 0 Å². The maximum atomic E-state index is 12.7. The van der Waals surface area contributed by atoms with Gasteiger partial charge in [0.25, 0.3) is 0 Å². The van der Waals surface area contributed by atoms with Crippen LogP contribution in [0.15, 0.2) is 41.6 Å². The largest absolute Gasteiger partial charge is 0.433 e. The summed E-state index contributed by atoms with van der Waals surface area (Å²) in [6.07, 6.45) is -2.84. The van der Waals surface area contributed by atoms with Gasteiger partial charge in [-0.2, -0.15) is 13.2 Å². The predicted octanol–water partition coefficient (Wildman–Crippen LogP) is 3.83. The van der Waals surface area contributed by atoms with Gasteiger partial charge in [0.2, 0.25) is 0 Å². The lowest BCUT2D eigenvalue weighted by atomic mass is 10.2. The Morgan fingerprint density at radius 2 is 1.85 bits per heavy atom. The molecule has 0 spiro atoms. The first kappa shape index (κ1) is 14.6. The zero-order valence-corrected chi connectivity index (χ0v) is 11.4. The molecule has 0 aliphatic heterocycles. The minimum Gasteiger partial charge on any atom is -0.366 e. The number of hydrogen-bond donors (Lipinski definition) is 1. The molecule has 1 aromatic carbocycles. The molecule has 106 valence electrons. The van der Waals surface area contributed by atoms with Gasteiger partial charge in [-0.3, -0.25) is 0 Å². The molecule has 0 radical (unpaired) electrons. The second-order valence-corrected chi connectivity index (χ2v) is 4.74. The molecule has 1 aromatic heterocycles. The third kappa shape index (κ3) is 3.86. The van der Waals surface area contributed by atoms with Crippen molar-refractivity contribution in [2.24, 2.45) is 0 Å². The van der Waals surface area contributed by atoms with Crippen LogP contribution in [0.3, 0.4) is 0 Å². The van der Waals surface area contributed by atoms with Crippen molar-refractivity contribution in [2.45, 2.75) is 17.9 Å². The summed E-state index contributed by atoms with van der Waals surface area (Å²) in [5.74, 6) is 0.167. The number of aromatic nitrogens is 2. The number of nitrogens with one attached hydrogen (secondary N) is 1. The number of alkyl halides is 3. The Morgan fingerprint density at radius 3 is 2.45 bits per heavy atom. The molecule has 0 bridgehead atoms. The van der Waals surface area contributed by atoms with E-state index >= 15 is 0 Å². The van der Waals surface area contributed by atoms with Gasteiger partial charge in [0, 0.05) is 12.6 Å². The van der Waals surface area contributed by atoms with Crippen LogP contribution in [0.25, 0.3) is 0 Å². The standard InChI is InChI=1S/C13H12F3N3S/c1-20-12-18-10(13(14,15)16)7-11(19-12)17-8-9-5-3-2-4-6-9/h2-7H,8H2,1H3,(H,17,18,19). The fraction of sp³-hybridized carbons (Fsp3) is 0.231. The highest BCUT2D eigenvalue weighted by Gasteiger charge is 2.33. The number of halogens is 3. The Hall–Kier alpha value is -1.76. The van der Waals surface area contributed by atoms with Crippen LogP contribution in [0.4, 0.5) is 19.0 Å². The summed E-state index contributed by atoms with van der Waals surface area (Å²) in [7, 11) is 0. The van der Waals surface area contributed by atoms with Crippen LogP contribution in [0.2, 0.25) is 0 Å². The molecular weight excluding hydrogens is 287 g/mol. The number of nitrogens with zero attached hydrogens (tertiary/aromatic N) is 2. The molecular formula is C13H12F3N3S. The van der Waals surface area contributed by atoms with E-state index in [2.05, 4.69) is 15.3 Å². The van der Waals surface area contributed by atoms with Crippen LogP contribution in [-0.2, 0) is 12.7 Å². The van der Waals surface area contributed by atoms with Gasteiger partial charge in [-0.15, -0.1) is 0 Å². The highest BCUT2D eigenvalue weighted by atomic mass is 32.2. The van der Waals surface area contributed by atoms with E-state index in [0.29, 0.717) is 6.54 Å². The molecule has 1 N–H and O–H groups in total. The molecule has 0 fully saturated rings. The summed E-state index contributed by atoms with van der Waals surface area (Å²) in [4.78, 5) is 7.49. The summed E-state index contributed by atoms with van der Waals surface area (Å²) < 4.78 is 38.2. The zero-order chi connectivity index (χ0) is 14.6. The number of anilines is 1. The van der Waals surface area contributed by atoms with Crippen molar-refractivity contribution in [3.8, 4) is 0 Å². The van der Waals surface area contributed by atoms with E-state index in [1.54, 1.807) is 6.26 Å². The number of hydrogen-bond acceptors (Lipinski definition) is 4. The third-order valence-electron chi connectivity index (χ3n) is 2.50. The molecule has 0 aliphatic rings. The van der Waals surface area contributed by atoms with E-state index in [-0.39, 0.29) is 11.0 Å². The highest BCUT2D eigenvalue weighted by Crippen LogP contribution is 2.30. The lowest BCUT2D eigenvalue weighted by molar-refractivity contribution is -0.141. The van der Waals surface area contributed by atoms with Crippen LogP contribution >= 0.6 is 11.8 Å². The van der Waals surface area contributed by atoms with Gasteiger partial charge < -0.3 is 5.32 Å². The Balaban J connectivity index is 2.19. The van der Waals surface area contributed by atoms with Crippen LogP contribution in [0.5, 0.6) is 0 Å². The average molecular weight is 299 g/mol. The molecule has 2 rings (SSSR count). The first-order valence-corrected chi connectivity index (χ1v) is 6.99. The van der Waals surface area contributed by atoms with Crippen molar-refractivity contribution < 1.29 is 13.2 Å². The van der Waals surface area contributed by atoms with Crippen molar-refractivity contribution in [3.05, 3.63) is 47.7 Å². The lowest BCUT2D eigenvalue weighted by Gasteiger charge is -2.11. The second kappa shape index (κ2) is 6.13. The SMILES string of the molecule is CSc1nc(NCc2ccccc2)cc(C(F)(F)F)n1. The van der Waals surface area contributed by atoms with Crippen LogP contribution in [0, 0.1) is 0 Å². The molecule has 0 saturated carbocycles. The topological polar surface area (TPSA) is 37.8 Å². The van der Waals surface area contributed by atoms with E-state index in [9.17, 15) is 13.2 Å². The molecule has 0 aliphatic carbocycles. The first-order chi connectivity index (χ1) is 9.49.